The van der Waals surface area contributed by atoms with Crippen molar-refractivity contribution >= 4 is 0 Å². The van der Waals surface area contributed by atoms with Gasteiger partial charge in [-0.2, -0.15) is 0 Å². The van der Waals surface area contributed by atoms with Gasteiger partial charge in [-0.05, 0) is 12.8 Å². The lowest BCUT2D eigenvalue weighted by molar-refractivity contribution is 0.550. The zero-order chi connectivity index (χ0) is 10.1. The van der Waals surface area contributed by atoms with Crippen LogP contribution in [0.15, 0.2) is 0 Å². The maximum absolute atomic E-state index is 5.83. The molecule has 2 nitrogen and oxygen atoms in total. The topological polar surface area (TPSA) is 52.0 Å². The summed E-state index contributed by atoms with van der Waals surface area (Å²) >= 11 is 0. The van der Waals surface area contributed by atoms with E-state index in [0.717, 1.165) is 18.9 Å². The van der Waals surface area contributed by atoms with Gasteiger partial charge in [-0.3, -0.25) is 0 Å². The third-order valence-corrected chi connectivity index (χ3v) is 2.49. The third-order valence-electron chi connectivity index (χ3n) is 2.49. The van der Waals surface area contributed by atoms with Gasteiger partial charge in [0.05, 0.1) is 6.04 Å². The third kappa shape index (κ3) is 7.03. The molecule has 0 aliphatic rings. The largest absolute Gasteiger partial charge is 0.326 e. The predicted molar refractivity (Wildman–Crippen MR) is 59.1 cm³/mol. The fourth-order valence-corrected chi connectivity index (χ4v) is 1.38. The van der Waals surface area contributed by atoms with Gasteiger partial charge in [0.15, 0.2) is 0 Å². The van der Waals surface area contributed by atoms with Crippen LogP contribution in [-0.2, 0) is 0 Å². The van der Waals surface area contributed by atoms with Gasteiger partial charge in [0.25, 0.3) is 0 Å². The summed E-state index contributed by atoms with van der Waals surface area (Å²) in [6.45, 7) is 4.31. The van der Waals surface area contributed by atoms with Crippen LogP contribution in [0.1, 0.15) is 58.8 Å². The van der Waals surface area contributed by atoms with Gasteiger partial charge in [0, 0.05) is 6.04 Å². The molecule has 0 spiro atoms. The van der Waals surface area contributed by atoms with E-state index >= 15 is 0 Å². The Labute approximate surface area is 83.1 Å². The van der Waals surface area contributed by atoms with Gasteiger partial charge in [0.1, 0.15) is 0 Å². The first kappa shape index (κ1) is 12.9. The van der Waals surface area contributed by atoms with E-state index in [9.17, 15) is 0 Å². The van der Waals surface area contributed by atoms with Crippen molar-refractivity contribution in [2.75, 3.05) is 0 Å². The maximum Gasteiger partial charge on any atom is 0.0505 e. The molecule has 1 unspecified atom stereocenters. The zero-order valence-electron chi connectivity index (χ0n) is 9.18. The summed E-state index contributed by atoms with van der Waals surface area (Å²) in [5.74, 6) is 0. The highest BCUT2D eigenvalue weighted by atomic mass is 14.8. The minimum atomic E-state index is 0.117. The monoisotopic (exact) mass is 185 g/mol. The summed E-state index contributed by atoms with van der Waals surface area (Å²) in [5, 5.41) is 0. The van der Waals surface area contributed by atoms with Crippen LogP contribution in [0.4, 0.5) is 0 Å². The average Bonchev–Trinajstić information content (AvgIpc) is 2.16. The molecule has 1 atom stereocenters. The normalized spacial score (nSPS) is 13.6. The van der Waals surface area contributed by atoms with Gasteiger partial charge in [-0.15, -0.1) is 0 Å². The van der Waals surface area contributed by atoms with E-state index < -0.39 is 0 Å². The first-order valence-corrected chi connectivity index (χ1v) is 5.59. The molecule has 0 amide bonds. The highest BCUT2D eigenvalue weighted by Crippen LogP contribution is 2.12. The number of rotatable bonds is 8. The lowest BCUT2D eigenvalue weighted by Gasteiger charge is -2.16. The number of unbranched alkanes of at least 4 members (excludes halogenated alkanes) is 4. The Bertz CT molecular complexity index is 104. The van der Waals surface area contributed by atoms with E-state index in [4.69, 9.17) is 11.5 Å². The summed E-state index contributed by atoms with van der Waals surface area (Å²) in [6.07, 6.45) is 8.46. The van der Waals surface area contributed by atoms with Gasteiger partial charge in [-0.1, -0.05) is 46.0 Å². The molecule has 0 heterocycles. The second-order valence-corrected chi connectivity index (χ2v) is 3.75. The lowest BCUT2D eigenvalue weighted by atomic mass is 10.0. The summed E-state index contributed by atoms with van der Waals surface area (Å²) in [6, 6.07) is 1.10. The fraction of sp³-hybridized carbons (Fsp3) is 0.909. The molecule has 0 saturated heterocycles. The minimum Gasteiger partial charge on any atom is -0.326 e. The van der Waals surface area contributed by atoms with Crippen LogP contribution in [-0.4, -0.2) is 6.04 Å². The van der Waals surface area contributed by atoms with Crippen LogP contribution in [0.3, 0.4) is 0 Å². The van der Waals surface area contributed by atoms with Crippen molar-refractivity contribution in [2.24, 2.45) is 11.5 Å². The molecule has 0 aliphatic carbocycles. The van der Waals surface area contributed by atoms with Crippen molar-refractivity contribution in [3.63, 3.8) is 0 Å². The van der Waals surface area contributed by atoms with Gasteiger partial charge in [0.2, 0.25) is 0 Å². The van der Waals surface area contributed by atoms with Crippen molar-refractivity contribution < 1.29 is 0 Å². The molecule has 0 aromatic heterocycles. The summed E-state index contributed by atoms with van der Waals surface area (Å²) in [7, 11) is 0. The van der Waals surface area contributed by atoms with E-state index in [0.29, 0.717) is 0 Å². The molecule has 0 aliphatic heterocycles. The Morgan fingerprint density at radius 1 is 1.08 bits per heavy atom. The van der Waals surface area contributed by atoms with Crippen LogP contribution in [0.2, 0.25) is 0 Å². The van der Waals surface area contributed by atoms with Crippen molar-refractivity contribution in [1.29, 1.82) is 0 Å². The SMILES string of the molecule is CCCCCCC[C](N)C(N)CC. The van der Waals surface area contributed by atoms with Crippen LogP contribution in [0, 0.1) is 6.04 Å². The molecule has 4 N–H and O–H groups in total. The molecule has 0 rings (SSSR count). The van der Waals surface area contributed by atoms with Crippen molar-refractivity contribution in [3.05, 3.63) is 6.04 Å². The van der Waals surface area contributed by atoms with Gasteiger partial charge < -0.3 is 11.5 Å². The molecule has 0 fully saturated rings. The molecular formula is C11H25N2. The van der Waals surface area contributed by atoms with Crippen LogP contribution >= 0.6 is 0 Å². The van der Waals surface area contributed by atoms with Gasteiger partial charge in [-0.25, -0.2) is 0 Å². The standard InChI is InChI=1S/C11H25N2/c1-3-5-6-7-8-9-11(13)10(12)4-2/h10H,3-9,12-13H2,1-2H3. The van der Waals surface area contributed by atoms with Gasteiger partial charge >= 0.3 is 0 Å². The van der Waals surface area contributed by atoms with Crippen molar-refractivity contribution in [2.45, 2.75) is 64.8 Å². The molecule has 1 radical (unpaired) electrons. The first-order valence-electron chi connectivity index (χ1n) is 5.59. The molecule has 0 aromatic rings. The number of hydrogen-bond acceptors (Lipinski definition) is 2. The molecule has 0 saturated carbocycles. The number of hydrogen-bond donors (Lipinski definition) is 2. The molecule has 79 valence electrons. The summed E-state index contributed by atoms with van der Waals surface area (Å²) in [4.78, 5) is 0. The molecule has 13 heavy (non-hydrogen) atoms. The Kier molecular flexibility index (Phi) is 8.46. The van der Waals surface area contributed by atoms with E-state index in [2.05, 4.69) is 13.8 Å². The van der Waals surface area contributed by atoms with Crippen molar-refractivity contribution in [3.8, 4) is 0 Å². The van der Waals surface area contributed by atoms with Crippen LogP contribution in [0.5, 0.6) is 0 Å². The second-order valence-electron chi connectivity index (χ2n) is 3.75. The molecule has 0 bridgehead atoms. The van der Waals surface area contributed by atoms with E-state index in [1.54, 1.807) is 0 Å². The van der Waals surface area contributed by atoms with Crippen molar-refractivity contribution in [1.82, 2.24) is 0 Å². The first-order chi connectivity index (χ1) is 6.22. The second kappa shape index (κ2) is 8.52. The quantitative estimate of drug-likeness (QED) is 0.571. The highest BCUT2D eigenvalue weighted by Gasteiger charge is 2.10. The van der Waals surface area contributed by atoms with Crippen LogP contribution in [0.25, 0.3) is 0 Å². The Hall–Kier alpha value is -0.0800. The molecule has 0 aromatic carbocycles. The number of nitrogens with two attached hydrogens (primary N) is 2. The maximum atomic E-state index is 5.83. The highest BCUT2D eigenvalue weighted by molar-refractivity contribution is 4.92. The minimum absolute atomic E-state index is 0.117. The lowest BCUT2D eigenvalue weighted by Crippen LogP contribution is -2.33. The zero-order valence-corrected chi connectivity index (χ0v) is 9.18. The van der Waals surface area contributed by atoms with E-state index in [1.165, 1.54) is 32.1 Å². The fourth-order valence-electron chi connectivity index (χ4n) is 1.38. The predicted octanol–water partition coefficient (Wildman–Crippen LogP) is 2.57. The Balaban J connectivity index is 3.21. The molecule has 2 heteroatoms. The molecular weight excluding hydrogens is 160 g/mol. The summed E-state index contributed by atoms with van der Waals surface area (Å²) < 4.78 is 0. The van der Waals surface area contributed by atoms with E-state index in [-0.39, 0.29) is 6.04 Å². The Morgan fingerprint density at radius 2 is 1.69 bits per heavy atom. The smallest absolute Gasteiger partial charge is 0.0505 e. The summed E-state index contributed by atoms with van der Waals surface area (Å²) in [5.41, 5.74) is 11.6. The van der Waals surface area contributed by atoms with Crippen LogP contribution < -0.4 is 11.5 Å². The Morgan fingerprint density at radius 3 is 2.23 bits per heavy atom. The average molecular weight is 185 g/mol. The van der Waals surface area contributed by atoms with E-state index in [1.807, 2.05) is 0 Å².